The Morgan fingerprint density at radius 3 is 3.12 bits per heavy atom. The zero-order chi connectivity index (χ0) is 11.5. The van der Waals surface area contributed by atoms with Gasteiger partial charge in [0.1, 0.15) is 5.56 Å². The Labute approximate surface area is 91.0 Å². The number of hydrazine groups is 1. The summed E-state index contributed by atoms with van der Waals surface area (Å²) in [7, 11) is 0. The molecule has 0 amide bonds. The zero-order valence-corrected chi connectivity index (χ0v) is 8.65. The van der Waals surface area contributed by atoms with Crippen molar-refractivity contribution in [1.29, 1.82) is 0 Å². The molecular weight excluding hydrogens is 210 g/mol. The molecule has 0 bridgehead atoms. The van der Waals surface area contributed by atoms with E-state index in [1.54, 1.807) is 13.1 Å². The van der Waals surface area contributed by atoms with Crippen molar-refractivity contribution in [3.8, 4) is 0 Å². The third-order valence-corrected chi connectivity index (χ3v) is 2.12. The first-order chi connectivity index (χ1) is 7.77. The van der Waals surface area contributed by atoms with Crippen LogP contribution in [0, 0.1) is 0 Å². The Morgan fingerprint density at radius 1 is 1.62 bits per heavy atom. The number of carbonyl (C=O) groups is 1. The number of nitrogens with one attached hydrogen (secondary N) is 2. The number of nitrogens with two attached hydrogens (primary N) is 1. The van der Waals surface area contributed by atoms with Gasteiger partial charge in [0, 0.05) is 6.20 Å². The van der Waals surface area contributed by atoms with Gasteiger partial charge in [-0.15, -0.1) is 0 Å². The fraction of sp³-hybridized carbons (Fsp3) is 0.222. The van der Waals surface area contributed by atoms with E-state index in [9.17, 15) is 4.79 Å². The second-order valence-electron chi connectivity index (χ2n) is 3.04. The molecule has 7 heteroatoms. The fourth-order valence-corrected chi connectivity index (χ4v) is 1.42. The highest BCUT2D eigenvalue weighted by Gasteiger charge is 2.16. The van der Waals surface area contributed by atoms with E-state index in [0.29, 0.717) is 28.9 Å². The summed E-state index contributed by atoms with van der Waals surface area (Å²) < 4.78 is 4.89. The number of fused-ring (bicyclic) bond motifs is 1. The molecule has 16 heavy (non-hydrogen) atoms. The highest BCUT2D eigenvalue weighted by Crippen LogP contribution is 2.23. The van der Waals surface area contributed by atoms with Gasteiger partial charge >= 0.3 is 5.97 Å². The number of hydrogen-bond donors (Lipinski definition) is 3. The number of hydrogen-bond acceptors (Lipinski definition) is 6. The summed E-state index contributed by atoms with van der Waals surface area (Å²) in [4.78, 5) is 15.6. The average molecular weight is 221 g/mol. The number of esters is 1. The lowest BCUT2D eigenvalue weighted by molar-refractivity contribution is 0.0527. The summed E-state index contributed by atoms with van der Waals surface area (Å²) in [6.07, 6.45) is 2.94. The summed E-state index contributed by atoms with van der Waals surface area (Å²) in [6, 6.07) is 0. The number of carbonyl (C=O) groups excluding carboxylic acids is 1. The predicted octanol–water partition coefficient (Wildman–Crippen LogP) is 0.420. The number of H-pyrrole nitrogens is 1. The molecule has 0 atom stereocenters. The minimum atomic E-state index is -0.467. The molecule has 7 nitrogen and oxygen atoms in total. The number of nitrogens with zero attached hydrogens (tertiary/aromatic N) is 2. The van der Waals surface area contributed by atoms with Crippen LogP contribution in [0.5, 0.6) is 0 Å². The smallest absolute Gasteiger partial charge is 0.341 e. The summed E-state index contributed by atoms with van der Waals surface area (Å²) in [6.45, 7) is 2.03. The minimum Gasteiger partial charge on any atom is -0.462 e. The number of nitrogen functional groups attached to an aromatic ring is 1. The van der Waals surface area contributed by atoms with E-state index >= 15 is 0 Å². The molecule has 0 aliphatic heterocycles. The normalized spacial score (nSPS) is 10.4. The molecule has 0 saturated heterocycles. The van der Waals surface area contributed by atoms with Crippen LogP contribution < -0.4 is 11.3 Å². The van der Waals surface area contributed by atoms with Crippen molar-refractivity contribution < 1.29 is 9.53 Å². The van der Waals surface area contributed by atoms with Crippen LogP contribution in [0.3, 0.4) is 0 Å². The van der Waals surface area contributed by atoms with Crippen molar-refractivity contribution in [3.63, 3.8) is 0 Å². The Morgan fingerprint density at radius 2 is 2.44 bits per heavy atom. The largest absolute Gasteiger partial charge is 0.462 e. The van der Waals surface area contributed by atoms with Gasteiger partial charge in [0.2, 0.25) is 0 Å². The third kappa shape index (κ3) is 1.57. The van der Waals surface area contributed by atoms with Crippen LogP contribution in [0.15, 0.2) is 12.4 Å². The summed E-state index contributed by atoms with van der Waals surface area (Å²) in [5.41, 5.74) is 3.77. The van der Waals surface area contributed by atoms with E-state index < -0.39 is 5.97 Å². The first kappa shape index (κ1) is 10.4. The zero-order valence-electron chi connectivity index (χ0n) is 8.65. The molecule has 2 heterocycles. The molecule has 4 N–H and O–H groups in total. The van der Waals surface area contributed by atoms with Crippen LogP contribution in [0.1, 0.15) is 17.3 Å². The van der Waals surface area contributed by atoms with Gasteiger partial charge in [-0.25, -0.2) is 9.78 Å². The minimum absolute atomic E-state index is 0.290. The van der Waals surface area contributed by atoms with Gasteiger partial charge in [-0.1, -0.05) is 0 Å². The van der Waals surface area contributed by atoms with Gasteiger partial charge in [-0.3, -0.25) is 10.9 Å². The van der Waals surface area contributed by atoms with Gasteiger partial charge in [0.05, 0.1) is 23.9 Å². The van der Waals surface area contributed by atoms with E-state index in [2.05, 4.69) is 20.6 Å². The molecule has 2 rings (SSSR count). The van der Waals surface area contributed by atoms with Crippen LogP contribution in [0.4, 0.5) is 5.69 Å². The maximum absolute atomic E-state index is 11.6. The number of ether oxygens (including phenoxy) is 1. The lowest BCUT2D eigenvalue weighted by atomic mass is 10.2. The highest BCUT2D eigenvalue weighted by molar-refractivity contribution is 6.03. The van der Waals surface area contributed by atoms with Crippen LogP contribution >= 0.6 is 0 Å². The fourth-order valence-electron chi connectivity index (χ4n) is 1.42. The molecule has 0 unspecified atom stereocenters. The highest BCUT2D eigenvalue weighted by atomic mass is 16.5. The van der Waals surface area contributed by atoms with Crippen LogP contribution in [-0.2, 0) is 4.74 Å². The van der Waals surface area contributed by atoms with Crippen molar-refractivity contribution in [1.82, 2.24) is 15.2 Å². The van der Waals surface area contributed by atoms with Gasteiger partial charge in [0.25, 0.3) is 0 Å². The van der Waals surface area contributed by atoms with Gasteiger partial charge in [-0.05, 0) is 6.92 Å². The molecule has 0 aliphatic carbocycles. The van der Waals surface area contributed by atoms with Crippen LogP contribution in [0.2, 0.25) is 0 Å². The van der Waals surface area contributed by atoms with E-state index in [1.807, 2.05) is 0 Å². The molecule has 2 aromatic heterocycles. The Kier molecular flexibility index (Phi) is 2.69. The van der Waals surface area contributed by atoms with Gasteiger partial charge in [-0.2, -0.15) is 5.10 Å². The SMILES string of the molecule is CCOC(=O)c1cnc2[nH]ncc2c1NN. The second kappa shape index (κ2) is 4.15. The average Bonchev–Trinajstić information content (AvgIpc) is 2.75. The maximum atomic E-state index is 11.6. The monoisotopic (exact) mass is 221 g/mol. The molecule has 0 aliphatic rings. The van der Waals surface area contributed by atoms with Crippen LogP contribution in [0.25, 0.3) is 11.0 Å². The Balaban J connectivity index is 2.56. The van der Waals surface area contributed by atoms with Crippen molar-refractivity contribution in [2.24, 2.45) is 5.84 Å². The predicted molar refractivity (Wildman–Crippen MR) is 57.7 cm³/mol. The van der Waals surface area contributed by atoms with Crippen molar-refractivity contribution in [2.75, 3.05) is 12.0 Å². The maximum Gasteiger partial charge on any atom is 0.341 e. The summed E-state index contributed by atoms with van der Waals surface area (Å²) in [5, 5.41) is 7.15. The quantitative estimate of drug-likeness (QED) is 0.394. The van der Waals surface area contributed by atoms with E-state index in [-0.39, 0.29) is 0 Å². The number of pyridine rings is 1. The second-order valence-corrected chi connectivity index (χ2v) is 3.04. The number of aromatic nitrogens is 3. The van der Waals surface area contributed by atoms with Crippen molar-refractivity contribution >= 4 is 22.7 Å². The van der Waals surface area contributed by atoms with Gasteiger partial charge < -0.3 is 10.2 Å². The number of aromatic amines is 1. The molecule has 84 valence electrons. The number of rotatable bonds is 3. The Bertz CT molecular complexity index is 522. The first-order valence-electron chi connectivity index (χ1n) is 4.73. The molecule has 0 fully saturated rings. The first-order valence-corrected chi connectivity index (χ1v) is 4.73. The lowest BCUT2D eigenvalue weighted by Crippen LogP contribution is -2.14. The summed E-state index contributed by atoms with van der Waals surface area (Å²) >= 11 is 0. The van der Waals surface area contributed by atoms with Crippen molar-refractivity contribution in [3.05, 3.63) is 18.0 Å². The molecule has 0 spiro atoms. The topological polar surface area (TPSA) is 106 Å². The Hall–Kier alpha value is -2.15. The van der Waals surface area contributed by atoms with Crippen molar-refractivity contribution in [2.45, 2.75) is 6.92 Å². The van der Waals surface area contributed by atoms with Gasteiger partial charge in [0.15, 0.2) is 5.65 Å². The van der Waals surface area contributed by atoms with E-state index in [0.717, 1.165) is 0 Å². The molecule has 2 aromatic rings. The summed E-state index contributed by atoms with van der Waals surface area (Å²) in [5.74, 6) is 4.92. The molecular formula is C9H11N5O2. The van der Waals surface area contributed by atoms with Crippen LogP contribution in [-0.4, -0.2) is 27.8 Å². The molecule has 0 radical (unpaired) electrons. The molecule has 0 aromatic carbocycles. The molecule has 0 saturated carbocycles. The lowest BCUT2D eigenvalue weighted by Gasteiger charge is -2.08. The van der Waals surface area contributed by atoms with E-state index in [4.69, 9.17) is 10.6 Å². The van der Waals surface area contributed by atoms with E-state index in [1.165, 1.54) is 6.20 Å². The number of anilines is 1. The standard InChI is InChI=1S/C9H11N5O2/c1-2-16-9(15)6-3-11-8-5(4-12-14-8)7(6)13-10/h3-4H,2,10H2,1H3,(H2,11,12,13,14). The third-order valence-electron chi connectivity index (χ3n) is 2.12.